The monoisotopic (exact) mass is 604 g/mol. The zero-order valence-electron chi connectivity index (χ0n) is 26.7. The molecule has 1 saturated heterocycles. The summed E-state index contributed by atoms with van der Waals surface area (Å²) < 4.78 is 30.9. The molecule has 5 rings (SSSR count). The number of nitrogens with zero attached hydrogens (tertiary/aromatic N) is 2. The molecule has 0 spiro atoms. The molecule has 0 N–H and O–H groups in total. The van der Waals surface area contributed by atoms with Crippen molar-refractivity contribution in [3.05, 3.63) is 70.9 Å². The highest BCUT2D eigenvalue weighted by Crippen LogP contribution is 2.41. The molecule has 3 heterocycles. The lowest BCUT2D eigenvalue weighted by Crippen LogP contribution is -2.39. The number of carbonyl (C=O) groups excluding carboxylic acids is 2. The second-order valence-corrected chi connectivity index (χ2v) is 12.5. The van der Waals surface area contributed by atoms with Crippen molar-refractivity contribution >= 4 is 23.0 Å². The van der Waals surface area contributed by atoms with Gasteiger partial charge in [0.15, 0.2) is 0 Å². The Morgan fingerprint density at radius 2 is 1.91 bits per heavy atom. The lowest BCUT2D eigenvalue weighted by Gasteiger charge is -2.40. The van der Waals surface area contributed by atoms with Gasteiger partial charge in [-0.1, -0.05) is 18.2 Å². The molecule has 2 bridgehead atoms. The minimum Gasteiger partial charge on any atom is -0.496 e. The zero-order chi connectivity index (χ0) is 31.4. The van der Waals surface area contributed by atoms with Crippen LogP contribution in [0.4, 0.5) is 4.79 Å². The number of aryl methyl sites for hydroxylation is 1. The van der Waals surface area contributed by atoms with Crippen molar-refractivity contribution in [1.29, 1.82) is 0 Å². The molecular weight excluding hydrogens is 560 g/mol. The fourth-order valence-electron chi connectivity index (χ4n) is 6.16. The molecule has 0 saturated carbocycles. The van der Waals surface area contributed by atoms with Gasteiger partial charge in [0.25, 0.3) is 0 Å². The molecule has 1 fully saturated rings. The topological polar surface area (TPSA) is 88.5 Å². The van der Waals surface area contributed by atoms with E-state index in [-0.39, 0.29) is 12.1 Å². The van der Waals surface area contributed by atoms with Crippen LogP contribution in [0.3, 0.4) is 0 Å². The number of allylic oxidation sites excluding steroid dienone is 1. The number of ether oxygens (including phenoxy) is 5. The van der Waals surface area contributed by atoms with E-state index in [9.17, 15) is 9.59 Å². The highest BCUT2D eigenvalue weighted by atomic mass is 16.6. The number of hydrogen-bond donors (Lipinski definition) is 0. The van der Waals surface area contributed by atoms with Gasteiger partial charge >= 0.3 is 12.1 Å². The van der Waals surface area contributed by atoms with E-state index in [1.54, 1.807) is 23.9 Å². The van der Waals surface area contributed by atoms with Crippen molar-refractivity contribution in [2.45, 2.75) is 77.7 Å². The van der Waals surface area contributed by atoms with E-state index in [1.807, 2.05) is 52.0 Å². The van der Waals surface area contributed by atoms with Crippen LogP contribution in [0.25, 0.3) is 10.9 Å². The van der Waals surface area contributed by atoms with E-state index in [2.05, 4.69) is 17.1 Å². The first-order valence-corrected chi connectivity index (χ1v) is 15.4. The Morgan fingerprint density at radius 3 is 2.66 bits per heavy atom. The summed E-state index contributed by atoms with van der Waals surface area (Å²) in [5.41, 5.74) is 3.57. The van der Waals surface area contributed by atoms with Crippen LogP contribution in [-0.2, 0) is 20.8 Å². The van der Waals surface area contributed by atoms with Gasteiger partial charge in [-0.2, -0.15) is 0 Å². The molecule has 236 valence electrons. The predicted molar refractivity (Wildman–Crippen MR) is 169 cm³/mol. The van der Waals surface area contributed by atoms with Gasteiger partial charge in [0.1, 0.15) is 17.1 Å². The molecule has 3 aromatic rings. The molecule has 9 heteroatoms. The molecule has 2 atom stereocenters. The highest BCUT2D eigenvalue weighted by Gasteiger charge is 2.34. The average Bonchev–Trinajstić information content (AvgIpc) is 3.45. The van der Waals surface area contributed by atoms with Crippen LogP contribution in [0.1, 0.15) is 79.5 Å². The summed E-state index contributed by atoms with van der Waals surface area (Å²) in [6.45, 7) is 10.0. The fraction of sp³-hybridized carbons (Fsp3) is 0.486. The quantitative estimate of drug-likeness (QED) is 0.233. The molecule has 2 aromatic carbocycles. The van der Waals surface area contributed by atoms with E-state index >= 15 is 0 Å². The van der Waals surface area contributed by atoms with Crippen LogP contribution in [-0.4, -0.2) is 67.2 Å². The predicted octanol–water partition coefficient (Wildman–Crippen LogP) is 6.98. The van der Waals surface area contributed by atoms with Crippen LogP contribution >= 0.6 is 0 Å². The Balaban J connectivity index is 1.56. The van der Waals surface area contributed by atoms with Crippen molar-refractivity contribution in [3.8, 4) is 11.5 Å². The lowest BCUT2D eigenvalue weighted by molar-refractivity contribution is -0.00832. The first kappa shape index (κ1) is 31.6. The molecule has 0 aliphatic carbocycles. The minimum absolute atomic E-state index is 0.0471. The first-order chi connectivity index (χ1) is 21.1. The SMILES string of the molecule is COC(=O)c1ccc2c(c1)OCCC/C=C\CO[C@H]1CCN(Cc3c(OC)cc(C)c4c3ccn4C(=O)OC(C)(C)C)[C@H]2C1. The smallest absolute Gasteiger partial charge is 0.419 e. The number of esters is 1. The van der Waals surface area contributed by atoms with Gasteiger partial charge in [0.05, 0.1) is 44.6 Å². The Kier molecular flexibility index (Phi) is 9.65. The Hall–Kier alpha value is -3.82. The zero-order valence-corrected chi connectivity index (χ0v) is 26.7. The summed E-state index contributed by atoms with van der Waals surface area (Å²) in [5, 5.41) is 0.943. The summed E-state index contributed by atoms with van der Waals surface area (Å²) in [6.07, 6.45) is 9.03. The molecule has 0 unspecified atom stereocenters. The molecule has 0 radical (unpaired) electrons. The van der Waals surface area contributed by atoms with Crippen LogP contribution < -0.4 is 9.47 Å². The third-order valence-corrected chi connectivity index (χ3v) is 8.23. The average molecular weight is 605 g/mol. The third-order valence-electron chi connectivity index (χ3n) is 8.23. The van der Waals surface area contributed by atoms with Crippen molar-refractivity contribution in [2.24, 2.45) is 0 Å². The van der Waals surface area contributed by atoms with Gasteiger partial charge in [-0.15, -0.1) is 0 Å². The Labute approximate surface area is 259 Å². The van der Waals surface area contributed by atoms with Crippen LogP contribution in [0.2, 0.25) is 0 Å². The molecular formula is C35H44N2O7. The van der Waals surface area contributed by atoms with E-state index in [1.165, 1.54) is 7.11 Å². The molecule has 0 amide bonds. The van der Waals surface area contributed by atoms with Crippen LogP contribution in [0.5, 0.6) is 11.5 Å². The first-order valence-electron chi connectivity index (χ1n) is 15.4. The van der Waals surface area contributed by atoms with Crippen molar-refractivity contribution in [3.63, 3.8) is 0 Å². The summed E-state index contributed by atoms with van der Waals surface area (Å²) in [6, 6.07) is 9.50. The minimum atomic E-state index is -0.616. The maximum Gasteiger partial charge on any atom is 0.419 e. The van der Waals surface area contributed by atoms with E-state index < -0.39 is 17.7 Å². The second kappa shape index (κ2) is 13.4. The van der Waals surface area contributed by atoms with E-state index in [4.69, 9.17) is 23.7 Å². The van der Waals surface area contributed by atoms with Crippen molar-refractivity contribution < 1.29 is 33.3 Å². The second-order valence-electron chi connectivity index (χ2n) is 12.5. The van der Waals surface area contributed by atoms with Gasteiger partial charge in [-0.3, -0.25) is 9.47 Å². The lowest BCUT2D eigenvalue weighted by atomic mass is 9.91. The summed E-state index contributed by atoms with van der Waals surface area (Å²) in [4.78, 5) is 28.0. The normalized spacial score (nSPS) is 20.3. The van der Waals surface area contributed by atoms with Crippen LogP contribution in [0, 0.1) is 6.92 Å². The van der Waals surface area contributed by atoms with E-state index in [0.717, 1.165) is 65.6 Å². The van der Waals surface area contributed by atoms with Crippen molar-refractivity contribution in [1.82, 2.24) is 9.47 Å². The maximum absolute atomic E-state index is 13.2. The van der Waals surface area contributed by atoms with Gasteiger partial charge in [-0.25, -0.2) is 9.59 Å². The number of aromatic nitrogens is 1. The standard InChI is InChI=1S/C35H44N2O7/c1-23-19-30(40-5)28(26-14-16-37(32(23)26)34(39)44-35(2,3)4)22-36-15-13-25-21-29(36)27-12-11-24(33(38)41-6)20-31(27)43-18-10-8-7-9-17-42-25/h7,9,11-12,14,16,19-20,25,29H,8,10,13,15,17-18,21-22H2,1-6H3/b9-7-/t25-,29-/m0/s1. The number of benzene rings is 2. The fourth-order valence-corrected chi connectivity index (χ4v) is 6.16. The molecule has 2 aliphatic heterocycles. The Morgan fingerprint density at radius 1 is 1.09 bits per heavy atom. The molecule has 1 aromatic heterocycles. The molecule has 9 nitrogen and oxygen atoms in total. The molecule has 2 aliphatic rings. The number of likely N-dealkylation sites (tertiary alicyclic amines) is 1. The van der Waals surface area contributed by atoms with Gasteiger partial charge in [0, 0.05) is 41.8 Å². The number of fused-ring (bicyclic) bond motifs is 5. The number of methoxy groups -OCH3 is 2. The van der Waals surface area contributed by atoms with Gasteiger partial charge < -0.3 is 23.7 Å². The number of rotatable bonds is 4. The highest BCUT2D eigenvalue weighted by molar-refractivity contribution is 5.95. The largest absolute Gasteiger partial charge is 0.496 e. The van der Waals surface area contributed by atoms with Gasteiger partial charge in [-0.05, 0) is 83.2 Å². The summed E-state index contributed by atoms with van der Waals surface area (Å²) in [7, 11) is 3.06. The van der Waals surface area contributed by atoms with E-state index in [0.29, 0.717) is 31.1 Å². The van der Waals surface area contributed by atoms with Crippen molar-refractivity contribution in [2.75, 3.05) is 34.0 Å². The Bertz CT molecular complexity index is 1530. The van der Waals surface area contributed by atoms with Crippen LogP contribution in [0.15, 0.2) is 48.7 Å². The third kappa shape index (κ3) is 6.94. The number of carbonyl (C=O) groups is 2. The number of piperidine rings is 1. The maximum atomic E-state index is 13.2. The van der Waals surface area contributed by atoms with Gasteiger partial charge in [0.2, 0.25) is 0 Å². The summed E-state index contributed by atoms with van der Waals surface area (Å²) in [5.74, 6) is 1.05. The summed E-state index contributed by atoms with van der Waals surface area (Å²) >= 11 is 0. The molecule has 44 heavy (non-hydrogen) atoms. The number of hydrogen-bond acceptors (Lipinski definition) is 8.